The first-order chi connectivity index (χ1) is 50.1. The van der Waals surface area contributed by atoms with E-state index in [1.165, 1.54) is 66.7 Å². The Kier molecular flexibility index (Phi) is 32.2. The van der Waals surface area contributed by atoms with E-state index in [2.05, 4.69) is 21.3 Å². The summed E-state index contributed by atoms with van der Waals surface area (Å²) < 4.78 is 77.8. The Morgan fingerprint density at radius 1 is 0.802 bits per heavy atom. The van der Waals surface area contributed by atoms with Gasteiger partial charge >= 0.3 is 6.18 Å². The third-order valence-electron chi connectivity index (χ3n) is 21.3. The Balaban J connectivity index is 1.27. The molecule has 2 aromatic carbocycles. The van der Waals surface area contributed by atoms with E-state index in [9.17, 15) is 51.5 Å². The zero-order valence-corrected chi connectivity index (χ0v) is 63.1. The molecule has 9 atom stereocenters. The molecule has 2 aliphatic carbocycles. The summed E-state index contributed by atoms with van der Waals surface area (Å²) in [5.74, 6) is -11.8. The fourth-order valence-corrected chi connectivity index (χ4v) is 14.4. The highest BCUT2D eigenvalue weighted by Gasteiger charge is 2.53. The number of nitrogens with zero attached hydrogens (tertiary/aromatic N) is 7. The van der Waals surface area contributed by atoms with Gasteiger partial charge in [0.05, 0.1) is 19.1 Å². The summed E-state index contributed by atoms with van der Waals surface area (Å²) in [6.07, 6.45) is 7.17. The van der Waals surface area contributed by atoms with E-state index in [0.29, 0.717) is 62.6 Å². The van der Waals surface area contributed by atoms with Gasteiger partial charge in [0.2, 0.25) is 70.9 Å². The van der Waals surface area contributed by atoms with Crippen LogP contribution < -0.4 is 27.0 Å². The van der Waals surface area contributed by atoms with Crippen molar-refractivity contribution < 1.29 is 84.2 Å². The van der Waals surface area contributed by atoms with Crippen molar-refractivity contribution in [1.29, 1.82) is 0 Å². The molecule has 0 bridgehead atoms. The van der Waals surface area contributed by atoms with Crippen molar-refractivity contribution in [2.75, 3.05) is 75.1 Å². The number of ether oxygens (including phenoxy) is 1. The third kappa shape index (κ3) is 22.6. The normalized spacial score (nSPS) is 19.4. The molecule has 586 valence electrons. The van der Waals surface area contributed by atoms with Crippen LogP contribution in [0.1, 0.15) is 172 Å². The molecule has 0 aromatic heterocycles. The summed E-state index contributed by atoms with van der Waals surface area (Å²) in [6.45, 7) is 7.85. The van der Waals surface area contributed by atoms with Gasteiger partial charge in [-0.2, -0.15) is 13.2 Å². The standard InChI is InChI=1S/C76H109F5N12O13/c1-12-47(4)65(67(82)98)85-61(95)30-21-17-15-16-19-26-49-31-33-50(34-32-49)42-60(92-39-24-18-20-29-57(72(92)103)89(9)48(5)94)71(102)88(8)46-63(97)84-56(36-35-51-40-54(77)64(55(78)41-51)76(79,80)81)69(100)93-45-53(106-14-3)43-58(93)68(99)86-75(37-25-38-75)74(105)91(11)66(52-27-22-23-28-52)73(104)90(10)59(44-62(96)83-6)70(101)87(7)13-2/h18-20,26,31-34,40-41,47,52-53,56-60,65-66H,12-17,21-25,27-30,35-39,42-46H2,1-11H3,(H2,82,98)(H,83,96)(H,84,97)(H,85,95)(H,86,99)/b20-18-,26-19+/t47?,53-,56+,57+,58+,59+,60?,65?,66+/m1/s1. The quantitative estimate of drug-likeness (QED) is 0.0298. The Labute approximate surface area is 618 Å². The molecule has 1 saturated heterocycles. The van der Waals surface area contributed by atoms with Crippen molar-refractivity contribution >= 4 is 77.0 Å². The molecular weight excluding hydrogens is 1380 g/mol. The van der Waals surface area contributed by atoms with E-state index in [1.54, 1.807) is 39.1 Å². The number of primary amides is 1. The molecule has 30 heteroatoms. The average molecular weight is 1490 g/mol. The highest BCUT2D eigenvalue weighted by Crippen LogP contribution is 2.39. The maximum Gasteiger partial charge on any atom is 0.422 e. The summed E-state index contributed by atoms with van der Waals surface area (Å²) in [5, 5.41) is 10.8. The predicted molar refractivity (Wildman–Crippen MR) is 386 cm³/mol. The van der Waals surface area contributed by atoms with E-state index < -0.39 is 162 Å². The largest absolute Gasteiger partial charge is 0.422 e. The minimum absolute atomic E-state index is 0.0210. The summed E-state index contributed by atoms with van der Waals surface area (Å²) in [6, 6.07) is -0.393. The van der Waals surface area contributed by atoms with E-state index >= 15 is 28.0 Å². The van der Waals surface area contributed by atoms with E-state index in [-0.39, 0.29) is 94.5 Å². The molecule has 3 fully saturated rings. The molecule has 106 heavy (non-hydrogen) atoms. The number of halogens is 5. The highest BCUT2D eigenvalue weighted by atomic mass is 19.4. The average Bonchev–Trinajstić information content (AvgIpc) is 1.04. The number of hydrogen-bond donors (Lipinski definition) is 5. The van der Waals surface area contributed by atoms with Crippen LogP contribution >= 0.6 is 0 Å². The minimum Gasteiger partial charge on any atom is -0.377 e. The molecule has 4 aliphatic rings. The van der Waals surface area contributed by atoms with Crippen LogP contribution in [0.4, 0.5) is 22.0 Å². The van der Waals surface area contributed by atoms with Gasteiger partial charge in [-0.15, -0.1) is 0 Å². The second-order valence-corrected chi connectivity index (χ2v) is 28.6. The van der Waals surface area contributed by atoms with Crippen molar-refractivity contribution in [2.24, 2.45) is 17.6 Å². The molecule has 0 radical (unpaired) electrons. The number of likely N-dealkylation sites (N-methyl/N-ethyl adjacent to an activating group) is 5. The maximum absolute atomic E-state index is 15.4. The number of alkyl halides is 3. The predicted octanol–water partition coefficient (Wildman–Crippen LogP) is 5.98. The number of unbranched alkanes of at least 4 members (excludes halogenated alkanes) is 3. The number of nitrogens with two attached hydrogens (primary N) is 1. The summed E-state index contributed by atoms with van der Waals surface area (Å²) in [4.78, 5) is 178. The first-order valence-electron chi connectivity index (χ1n) is 37.0. The molecule has 2 aliphatic heterocycles. The lowest BCUT2D eigenvalue weighted by Gasteiger charge is -2.46. The van der Waals surface area contributed by atoms with E-state index in [0.717, 1.165) is 41.0 Å². The lowest BCUT2D eigenvalue weighted by molar-refractivity contribution is -0.157. The number of benzene rings is 2. The molecule has 2 saturated carbocycles. The first kappa shape index (κ1) is 86.1. The van der Waals surface area contributed by atoms with Crippen LogP contribution in [-0.2, 0) is 81.3 Å². The van der Waals surface area contributed by atoms with Crippen molar-refractivity contribution in [3.05, 3.63) is 88.5 Å². The lowest BCUT2D eigenvalue weighted by atomic mass is 9.74. The second-order valence-electron chi connectivity index (χ2n) is 28.6. The zero-order valence-electron chi connectivity index (χ0n) is 63.1. The minimum atomic E-state index is -5.41. The van der Waals surface area contributed by atoms with Crippen LogP contribution in [0.5, 0.6) is 0 Å². The Hall–Kier alpha value is -8.83. The molecule has 25 nitrogen and oxygen atoms in total. The SMILES string of the molecule is CCO[C@@H]1C[C@@H](C(=O)NC2(C(=O)N(C)[C@H](C(=O)N(C)[C@@H](CC(=O)NC)C(=O)N(C)CC)C3CCCC3)CCC2)N(C(=O)[C@H](CCc2cc(F)c(C(F)(F)F)c(F)c2)NC(=O)CN(C)C(=O)C(Cc2ccc(/C=C/CCCCCC(=O)NC(C(N)=O)C(C)CC)cc2)N2CC/C=C\C[C@H](N(C)C(C)=O)C2=O)C1. The number of likely N-dealkylation sites (tertiary alicyclic amines) is 1. The van der Waals surface area contributed by atoms with E-state index in [1.807, 2.05) is 44.2 Å². The van der Waals surface area contributed by atoms with Crippen molar-refractivity contribution in [3.63, 3.8) is 0 Å². The number of carbonyl (C=O) groups is 12. The number of hydrogen-bond acceptors (Lipinski definition) is 13. The monoisotopic (exact) mass is 1490 g/mol. The van der Waals surface area contributed by atoms with Crippen LogP contribution in [0.3, 0.4) is 0 Å². The molecule has 3 unspecified atom stereocenters. The molecule has 6 rings (SSSR count). The fourth-order valence-electron chi connectivity index (χ4n) is 14.4. The van der Waals surface area contributed by atoms with Crippen LogP contribution in [0, 0.1) is 23.5 Å². The highest BCUT2D eigenvalue weighted by molar-refractivity contribution is 6.00. The smallest absolute Gasteiger partial charge is 0.377 e. The topological polar surface area (TPSA) is 311 Å². The third-order valence-corrected chi connectivity index (χ3v) is 21.3. The number of carbonyl (C=O) groups excluding carboxylic acids is 12. The van der Waals surface area contributed by atoms with Crippen molar-refractivity contribution in [2.45, 2.75) is 223 Å². The van der Waals surface area contributed by atoms with Gasteiger partial charge in [0, 0.05) is 94.7 Å². The summed E-state index contributed by atoms with van der Waals surface area (Å²) in [7, 11) is 8.59. The van der Waals surface area contributed by atoms with Crippen LogP contribution in [0.25, 0.3) is 6.08 Å². The molecular formula is C76H109F5N12O13. The van der Waals surface area contributed by atoms with Gasteiger partial charge in [-0.3, -0.25) is 57.5 Å². The molecule has 12 amide bonds. The molecule has 0 spiro atoms. The zero-order chi connectivity index (χ0) is 78.5. The summed E-state index contributed by atoms with van der Waals surface area (Å²) >= 11 is 0. The van der Waals surface area contributed by atoms with Crippen molar-refractivity contribution in [3.8, 4) is 0 Å². The van der Waals surface area contributed by atoms with Gasteiger partial charge in [-0.05, 0) is 132 Å². The van der Waals surface area contributed by atoms with Gasteiger partial charge in [0.25, 0.3) is 0 Å². The van der Waals surface area contributed by atoms with E-state index in [4.69, 9.17) is 10.5 Å². The number of allylic oxidation sites excluding steroid dienone is 1. The van der Waals surface area contributed by atoms with Crippen LogP contribution in [-0.4, -0.2) is 234 Å². The van der Waals surface area contributed by atoms with Gasteiger partial charge < -0.3 is 66.0 Å². The van der Waals surface area contributed by atoms with Gasteiger partial charge in [-0.1, -0.05) is 88.1 Å². The number of rotatable bonds is 36. The van der Waals surface area contributed by atoms with Crippen LogP contribution in [0.2, 0.25) is 0 Å². The Bertz CT molecular complexity index is 3490. The fraction of sp³-hybridized carbons (Fsp3) is 0.632. The summed E-state index contributed by atoms with van der Waals surface area (Å²) in [5.41, 5.74) is 2.85. The second kappa shape index (κ2) is 39.7. The van der Waals surface area contributed by atoms with Crippen LogP contribution in [0.15, 0.2) is 54.6 Å². The lowest BCUT2D eigenvalue weighted by Crippen LogP contribution is -2.68. The van der Waals surface area contributed by atoms with Gasteiger partial charge in [0.15, 0.2) is 0 Å². The molecule has 6 N–H and O–H groups in total. The number of amides is 12. The maximum atomic E-state index is 15.4. The van der Waals surface area contributed by atoms with Gasteiger partial charge in [-0.25, -0.2) is 8.78 Å². The number of aryl methyl sites for hydroxylation is 1. The Morgan fingerprint density at radius 2 is 1.46 bits per heavy atom. The Morgan fingerprint density at radius 3 is 2.04 bits per heavy atom. The van der Waals surface area contributed by atoms with Gasteiger partial charge in [0.1, 0.15) is 65.0 Å². The first-order valence-corrected chi connectivity index (χ1v) is 37.0. The molecule has 2 aromatic rings. The molecule has 2 heterocycles. The van der Waals surface area contributed by atoms with Crippen molar-refractivity contribution in [1.82, 2.24) is 55.6 Å². The number of nitrogens with one attached hydrogen (secondary N) is 4.